The number of aliphatic hydroxyl groups is 1. The van der Waals surface area contributed by atoms with Crippen molar-refractivity contribution in [3.63, 3.8) is 0 Å². The number of esters is 4. The molecule has 0 unspecified atom stereocenters. The van der Waals surface area contributed by atoms with Gasteiger partial charge in [0.15, 0.2) is 11.4 Å². The lowest BCUT2D eigenvalue weighted by molar-refractivity contribution is -0.347. The normalized spacial score (nSPS) is 30.3. The number of ether oxygens (including phenoxy) is 8. The Kier molecular flexibility index (Phi) is 15.3. The second kappa shape index (κ2) is 19.9. The van der Waals surface area contributed by atoms with Gasteiger partial charge < -0.3 is 53.4 Å². The second-order valence-corrected chi connectivity index (χ2v) is 20.3. The molecule has 3 N–H and O–H groups in total. The molecular formula is C49H61NO17S. The van der Waals surface area contributed by atoms with Crippen LogP contribution in [-0.4, -0.2) is 138 Å². The minimum absolute atomic E-state index is 0.0766. The number of ketones is 1. The fourth-order valence-corrected chi connectivity index (χ4v) is 11.1. The summed E-state index contributed by atoms with van der Waals surface area (Å²) >= 11 is 0.713. The molecule has 2 saturated carbocycles. The number of nitrogens with one attached hydrogen (secondary N) is 1. The first-order valence-corrected chi connectivity index (χ1v) is 23.4. The molecule has 18 nitrogen and oxygen atoms in total. The molecule has 2 bridgehead atoms. The van der Waals surface area contributed by atoms with Crippen LogP contribution in [0.15, 0.2) is 71.8 Å². The molecule has 0 aromatic heterocycles. The summed E-state index contributed by atoms with van der Waals surface area (Å²) in [6, 6.07) is 14.6. The summed E-state index contributed by atoms with van der Waals surface area (Å²) in [5, 5.41) is 25.8. The van der Waals surface area contributed by atoms with Crippen molar-refractivity contribution in [2.24, 2.45) is 16.7 Å². The zero-order chi connectivity index (χ0) is 50.1. The number of hydrogen-bond acceptors (Lipinski definition) is 17. The Bertz CT molecular complexity index is 2300. The molecule has 19 heteroatoms. The van der Waals surface area contributed by atoms with Gasteiger partial charge in [0.2, 0.25) is 6.10 Å². The van der Waals surface area contributed by atoms with Crippen LogP contribution < -0.4 is 5.32 Å². The van der Waals surface area contributed by atoms with Gasteiger partial charge in [0, 0.05) is 39.4 Å². The first kappa shape index (κ1) is 52.0. The highest BCUT2D eigenvalue weighted by molar-refractivity contribution is 8.00. The highest BCUT2D eigenvalue weighted by Gasteiger charge is 2.78. The predicted molar refractivity (Wildman–Crippen MR) is 242 cm³/mol. The molecule has 68 heavy (non-hydrogen) atoms. The predicted octanol–water partition coefficient (Wildman–Crippen LogP) is 4.94. The highest BCUT2D eigenvalue weighted by Crippen LogP contribution is 2.65. The van der Waals surface area contributed by atoms with E-state index in [1.165, 1.54) is 33.3 Å². The van der Waals surface area contributed by atoms with E-state index in [2.05, 4.69) is 5.32 Å². The minimum atomic E-state index is -2.32. The number of alkyl carbamates (subject to hydrolysis) is 1. The van der Waals surface area contributed by atoms with E-state index >= 15 is 9.59 Å². The molecule has 2 aromatic carbocycles. The average molecular weight is 968 g/mol. The number of carboxylic acids is 1. The zero-order valence-electron chi connectivity index (χ0n) is 39.9. The van der Waals surface area contributed by atoms with Crippen molar-refractivity contribution < 1.29 is 81.7 Å². The summed E-state index contributed by atoms with van der Waals surface area (Å²) in [6.07, 6.45) is -9.91. The number of Topliss-reactive ketones (excluding diaryl/α,β-unsaturated/α-hetero) is 1. The molecule has 4 aliphatic rings. The average Bonchev–Trinajstić information content (AvgIpc) is 3.26. The molecule has 0 spiro atoms. The van der Waals surface area contributed by atoms with E-state index in [4.69, 9.17) is 37.9 Å². The maximum atomic E-state index is 15.7. The Balaban J connectivity index is 1.55. The third kappa shape index (κ3) is 9.77. The summed E-state index contributed by atoms with van der Waals surface area (Å²) in [7, 11) is 2.73. The van der Waals surface area contributed by atoms with Gasteiger partial charge in [0.05, 0.1) is 41.1 Å². The van der Waals surface area contributed by atoms with Crippen molar-refractivity contribution in [1.82, 2.24) is 5.32 Å². The maximum Gasteiger partial charge on any atom is 0.408 e. The van der Waals surface area contributed by atoms with Gasteiger partial charge in [-0.3, -0.25) is 19.2 Å². The Hall–Kier alpha value is -5.34. The number of amides is 1. The lowest BCUT2D eigenvalue weighted by Crippen LogP contribution is -2.82. The summed E-state index contributed by atoms with van der Waals surface area (Å²) < 4.78 is 48.6. The van der Waals surface area contributed by atoms with Gasteiger partial charge in [-0.15, -0.1) is 11.8 Å². The van der Waals surface area contributed by atoms with Gasteiger partial charge in [0.1, 0.15) is 41.7 Å². The zero-order valence-corrected chi connectivity index (χ0v) is 40.7. The van der Waals surface area contributed by atoms with Gasteiger partial charge in [0.25, 0.3) is 0 Å². The van der Waals surface area contributed by atoms with E-state index < -0.39 is 136 Å². The lowest BCUT2D eigenvalue weighted by atomic mass is 9.44. The molecule has 1 aliphatic heterocycles. The van der Waals surface area contributed by atoms with Crippen LogP contribution in [0.3, 0.4) is 0 Å². The number of rotatable bonds is 15. The third-order valence-corrected chi connectivity index (χ3v) is 14.6. The molecule has 2 aromatic rings. The van der Waals surface area contributed by atoms with Crippen LogP contribution in [0, 0.1) is 16.7 Å². The Morgan fingerprint density at radius 3 is 2.10 bits per heavy atom. The fourth-order valence-electron chi connectivity index (χ4n) is 10.6. The lowest BCUT2D eigenvalue weighted by Gasteiger charge is -2.67. The number of methoxy groups -OCH3 is 2. The van der Waals surface area contributed by atoms with Gasteiger partial charge in [-0.2, -0.15) is 0 Å². The number of fused-ring (bicyclic) bond motifs is 5. The number of carboxylic acid groups (broad SMARTS) is 1. The molecule has 1 saturated heterocycles. The first-order chi connectivity index (χ1) is 31.9. The number of thioether (sulfide) groups is 1. The van der Waals surface area contributed by atoms with E-state index in [9.17, 15) is 34.2 Å². The third-order valence-electron chi connectivity index (χ3n) is 13.7. The molecular weight excluding hydrogens is 907 g/mol. The standard InChI is InChI=1S/C49H61NO17S/c1-26-30(63-43(57)38(64-34(54)24-68-23-33(52)53)36(28-17-13-11-14-18-28)50-44(58)67-45(3,4)5)22-49(59)41(65-42(56)29-19-15-12-16-20-29)39-47(8,40(55)37(61-10)35(26)46(49,6)7)31(60-9)21-32-48(39,25-62-32)66-27(2)51/h11-20,30-32,36-39,41,59H,21-25H2,1-10H3,(H,50,58)(H,52,53)/t30-,31-,32+,36-,37+,38+,39-,41-,47+,48-,49+/m0/s1. The van der Waals surface area contributed by atoms with Gasteiger partial charge in [-0.05, 0) is 63.5 Å². The monoisotopic (exact) mass is 967 g/mol. The Morgan fingerprint density at radius 2 is 1.56 bits per heavy atom. The van der Waals surface area contributed by atoms with E-state index in [1.807, 2.05) is 0 Å². The van der Waals surface area contributed by atoms with Gasteiger partial charge in [-0.25, -0.2) is 14.4 Å². The minimum Gasteiger partial charge on any atom is -0.481 e. The van der Waals surface area contributed by atoms with Gasteiger partial charge in [-0.1, -0.05) is 62.4 Å². The molecule has 370 valence electrons. The Morgan fingerprint density at radius 1 is 0.926 bits per heavy atom. The number of carbonyl (C=O) groups excluding carboxylic acids is 6. The van der Waals surface area contributed by atoms with Crippen LogP contribution in [0.5, 0.6) is 0 Å². The van der Waals surface area contributed by atoms with Crippen LogP contribution in [0.4, 0.5) is 4.79 Å². The van der Waals surface area contributed by atoms with Crippen molar-refractivity contribution in [2.45, 2.75) is 128 Å². The topological polar surface area (TPSA) is 246 Å². The summed E-state index contributed by atoms with van der Waals surface area (Å²) in [6.45, 7) is 12.4. The number of aliphatic carboxylic acids is 1. The second-order valence-electron chi connectivity index (χ2n) is 19.3. The first-order valence-electron chi connectivity index (χ1n) is 22.2. The van der Waals surface area contributed by atoms with E-state index in [0.29, 0.717) is 11.8 Å². The number of hydrogen-bond donors (Lipinski definition) is 3. The summed E-state index contributed by atoms with van der Waals surface area (Å²) in [5.74, 6) is -7.98. The van der Waals surface area contributed by atoms with Crippen LogP contribution in [0.2, 0.25) is 0 Å². The van der Waals surface area contributed by atoms with Crippen molar-refractivity contribution in [3.05, 3.63) is 82.9 Å². The molecule has 6 rings (SSSR count). The van der Waals surface area contributed by atoms with Crippen LogP contribution in [0.1, 0.15) is 90.2 Å². The van der Waals surface area contributed by atoms with Crippen molar-refractivity contribution >= 4 is 53.5 Å². The number of benzene rings is 2. The largest absolute Gasteiger partial charge is 0.481 e. The summed E-state index contributed by atoms with van der Waals surface area (Å²) in [5.41, 5.74) is -7.43. The van der Waals surface area contributed by atoms with Crippen LogP contribution >= 0.6 is 11.8 Å². The van der Waals surface area contributed by atoms with E-state index in [1.54, 1.807) is 97.0 Å². The van der Waals surface area contributed by atoms with E-state index in [0.717, 1.165) is 0 Å². The van der Waals surface area contributed by atoms with Crippen molar-refractivity contribution in [1.29, 1.82) is 0 Å². The molecule has 3 fully saturated rings. The molecule has 1 amide bonds. The maximum absolute atomic E-state index is 15.7. The number of carbonyl (C=O) groups is 7. The SMILES string of the molecule is CO[C@H]1C(=O)[C@]2(C)[C@@H](OC)C[C@H]3OC[C@@]3(OC(C)=O)[C@H]2[C@H](OC(=O)c2ccccc2)[C@]2(O)C[C@H](OC(=O)[C@H](OC(=O)CSCC(=O)O)[C@@H](NC(=O)OC(C)(C)C)c3ccccc3)C(C)=C1C2(C)C. The van der Waals surface area contributed by atoms with Crippen LogP contribution in [-0.2, 0) is 61.9 Å². The molecule has 11 atom stereocenters. The molecule has 0 radical (unpaired) electrons. The molecule has 1 heterocycles. The summed E-state index contributed by atoms with van der Waals surface area (Å²) in [4.78, 5) is 96.6. The quantitative estimate of drug-likeness (QED) is 0.122. The smallest absolute Gasteiger partial charge is 0.408 e. The van der Waals surface area contributed by atoms with Crippen molar-refractivity contribution in [3.8, 4) is 0 Å². The van der Waals surface area contributed by atoms with E-state index in [-0.39, 0.29) is 35.3 Å². The Labute approximate surface area is 399 Å². The highest BCUT2D eigenvalue weighted by atomic mass is 32.2. The molecule has 3 aliphatic carbocycles. The van der Waals surface area contributed by atoms with Crippen LogP contribution in [0.25, 0.3) is 0 Å². The fraction of sp³-hybridized carbons (Fsp3) is 0.571. The van der Waals surface area contributed by atoms with Crippen molar-refractivity contribution in [2.75, 3.05) is 32.3 Å². The van der Waals surface area contributed by atoms with Gasteiger partial charge >= 0.3 is 35.9 Å².